The minimum absolute atomic E-state index is 0.582. The molecule has 1 rings (SSSR count). The lowest BCUT2D eigenvalue weighted by Crippen LogP contribution is -1.82. The van der Waals surface area contributed by atoms with E-state index in [0.29, 0.717) is 6.04 Å². The quantitative estimate of drug-likeness (QED) is 0.624. The van der Waals surface area contributed by atoms with Gasteiger partial charge < -0.3 is 0 Å². The van der Waals surface area contributed by atoms with Gasteiger partial charge in [-0.25, -0.2) is 0 Å². The lowest BCUT2D eigenvalue weighted by molar-refractivity contribution is 1.17. The largest absolute Gasteiger partial charge is 0.0924 e. The molecule has 0 amide bonds. The van der Waals surface area contributed by atoms with Crippen molar-refractivity contribution in [3.8, 4) is 0 Å². The van der Waals surface area contributed by atoms with Crippen LogP contribution in [0, 0.1) is 0 Å². The van der Waals surface area contributed by atoms with Crippen LogP contribution in [0.2, 0.25) is 0 Å². The Balaban J connectivity index is 2.69. The summed E-state index contributed by atoms with van der Waals surface area (Å²) in [7, 11) is 0. The maximum Gasteiger partial charge on any atom is 0.0623 e. The molecule has 0 saturated heterocycles. The SMILES string of the molecule is [3H]c1ccc(CCBr)cc1. The molecule has 1 aromatic carbocycles. The van der Waals surface area contributed by atoms with E-state index in [2.05, 4.69) is 15.9 Å². The van der Waals surface area contributed by atoms with Gasteiger partial charge in [-0.2, -0.15) is 0 Å². The molecule has 0 spiro atoms. The Hall–Kier alpha value is -0.300. The molecule has 0 aliphatic rings. The van der Waals surface area contributed by atoms with E-state index < -0.39 is 0 Å². The van der Waals surface area contributed by atoms with Crippen molar-refractivity contribution >= 4 is 15.9 Å². The van der Waals surface area contributed by atoms with E-state index in [1.54, 1.807) is 0 Å². The van der Waals surface area contributed by atoms with Crippen molar-refractivity contribution in [2.75, 3.05) is 5.33 Å². The summed E-state index contributed by atoms with van der Waals surface area (Å²) in [6, 6.07) is 8.20. The van der Waals surface area contributed by atoms with Crippen LogP contribution >= 0.6 is 15.9 Å². The van der Waals surface area contributed by atoms with Gasteiger partial charge in [-0.1, -0.05) is 46.2 Å². The molecule has 48 valence electrons. The van der Waals surface area contributed by atoms with E-state index in [-0.39, 0.29) is 0 Å². The molecule has 0 radical (unpaired) electrons. The van der Waals surface area contributed by atoms with Crippen molar-refractivity contribution in [3.63, 3.8) is 0 Å². The summed E-state index contributed by atoms with van der Waals surface area (Å²) in [6.07, 6.45) is 1.04. The van der Waals surface area contributed by atoms with Crippen molar-refractivity contribution in [2.45, 2.75) is 6.42 Å². The Morgan fingerprint density at radius 2 is 2.11 bits per heavy atom. The second kappa shape index (κ2) is 3.67. The molecular weight excluding hydrogens is 176 g/mol. The molecule has 0 atom stereocenters. The topological polar surface area (TPSA) is 0 Å². The number of benzene rings is 1. The fraction of sp³-hybridized carbons (Fsp3) is 0.250. The highest BCUT2D eigenvalue weighted by Gasteiger charge is 1.85. The highest BCUT2D eigenvalue weighted by molar-refractivity contribution is 9.09. The van der Waals surface area contributed by atoms with E-state index in [1.807, 2.05) is 24.3 Å². The van der Waals surface area contributed by atoms with Gasteiger partial charge in [-0.15, -0.1) is 0 Å². The molecule has 0 saturated carbocycles. The van der Waals surface area contributed by atoms with Gasteiger partial charge >= 0.3 is 0 Å². The summed E-state index contributed by atoms with van der Waals surface area (Å²) >= 11 is 3.36. The molecule has 0 bridgehead atoms. The van der Waals surface area contributed by atoms with Gasteiger partial charge in [0.15, 0.2) is 0 Å². The first kappa shape index (κ1) is 5.48. The number of halogens is 1. The second-order valence-corrected chi connectivity index (χ2v) is 2.64. The Morgan fingerprint density at radius 3 is 2.67 bits per heavy atom. The molecule has 0 nitrogen and oxygen atoms in total. The van der Waals surface area contributed by atoms with Crippen LogP contribution in [0.1, 0.15) is 6.93 Å². The Labute approximate surface area is 65.4 Å². The van der Waals surface area contributed by atoms with E-state index in [4.69, 9.17) is 1.37 Å². The first-order valence-corrected chi connectivity index (χ1v) is 4.06. The Bertz CT molecular complexity index is 193. The minimum Gasteiger partial charge on any atom is -0.0924 e. The molecule has 0 aliphatic carbocycles. The summed E-state index contributed by atoms with van der Waals surface area (Å²) in [5, 5.41) is 0.990. The lowest BCUT2D eigenvalue weighted by atomic mass is 10.2. The summed E-state index contributed by atoms with van der Waals surface area (Å²) in [5.41, 5.74) is 1.29. The van der Waals surface area contributed by atoms with Gasteiger partial charge in [-0.05, 0) is 12.0 Å². The number of rotatable bonds is 2. The van der Waals surface area contributed by atoms with Gasteiger partial charge in [-0.3, -0.25) is 0 Å². The molecular formula is C8H9Br. The van der Waals surface area contributed by atoms with E-state index >= 15 is 0 Å². The van der Waals surface area contributed by atoms with Crippen molar-refractivity contribution in [1.29, 1.82) is 0 Å². The summed E-state index contributed by atoms with van der Waals surface area (Å²) in [5.74, 6) is 0. The fourth-order valence-electron chi connectivity index (χ4n) is 0.697. The van der Waals surface area contributed by atoms with Crippen LogP contribution in [0.5, 0.6) is 0 Å². The van der Waals surface area contributed by atoms with Crippen LogP contribution < -0.4 is 0 Å². The highest BCUT2D eigenvalue weighted by atomic mass is 79.9. The molecule has 1 heteroatoms. The molecule has 0 aromatic heterocycles. The number of alkyl halides is 1. The molecule has 0 fully saturated rings. The summed E-state index contributed by atoms with van der Waals surface area (Å²) in [4.78, 5) is 0. The van der Waals surface area contributed by atoms with E-state index in [9.17, 15) is 0 Å². The maximum absolute atomic E-state index is 7.21. The normalized spacial score (nSPS) is 11.0. The predicted octanol–water partition coefficient (Wildman–Crippen LogP) is 2.62. The third-order valence-corrected chi connectivity index (χ3v) is 1.57. The van der Waals surface area contributed by atoms with Crippen LogP contribution in [0.15, 0.2) is 30.3 Å². The van der Waals surface area contributed by atoms with Gasteiger partial charge in [0.1, 0.15) is 0 Å². The van der Waals surface area contributed by atoms with Crippen LogP contribution in [0.3, 0.4) is 0 Å². The Kier molecular flexibility index (Phi) is 2.24. The number of hydrogen-bond donors (Lipinski definition) is 0. The maximum atomic E-state index is 7.21. The summed E-state index contributed by atoms with van der Waals surface area (Å²) in [6.45, 7) is 0. The van der Waals surface area contributed by atoms with Crippen LogP contribution in [0.4, 0.5) is 0 Å². The van der Waals surface area contributed by atoms with Gasteiger partial charge in [0.2, 0.25) is 0 Å². The molecule has 0 unspecified atom stereocenters. The van der Waals surface area contributed by atoms with Crippen molar-refractivity contribution in [3.05, 3.63) is 35.9 Å². The zero-order valence-electron chi connectivity index (χ0n) is 6.10. The lowest BCUT2D eigenvalue weighted by Gasteiger charge is -1.92. The van der Waals surface area contributed by atoms with Gasteiger partial charge in [0.25, 0.3) is 0 Å². The zero-order valence-corrected chi connectivity index (χ0v) is 6.69. The van der Waals surface area contributed by atoms with E-state index in [0.717, 1.165) is 11.8 Å². The smallest absolute Gasteiger partial charge is 0.0623 e. The van der Waals surface area contributed by atoms with Crippen molar-refractivity contribution in [1.82, 2.24) is 0 Å². The molecule has 0 aliphatic heterocycles. The van der Waals surface area contributed by atoms with Crippen LogP contribution in [-0.2, 0) is 6.42 Å². The van der Waals surface area contributed by atoms with E-state index in [1.165, 1.54) is 5.56 Å². The fourth-order valence-corrected chi connectivity index (χ4v) is 1.16. The number of hydrogen-bond acceptors (Lipinski definition) is 0. The standard InChI is InChI=1S/C8H9Br/c9-7-6-8-4-2-1-3-5-8/h1-5H,6-7H2/i1T. The minimum atomic E-state index is 0.582. The predicted molar refractivity (Wildman–Crippen MR) is 43.9 cm³/mol. The zero-order chi connectivity index (χ0) is 7.40. The van der Waals surface area contributed by atoms with Crippen LogP contribution in [0.25, 0.3) is 0 Å². The first-order valence-electron chi connectivity index (χ1n) is 3.44. The van der Waals surface area contributed by atoms with Gasteiger partial charge in [0, 0.05) is 5.33 Å². The molecule has 0 N–H and O–H groups in total. The van der Waals surface area contributed by atoms with Crippen LogP contribution in [-0.4, -0.2) is 5.33 Å². The molecule has 9 heavy (non-hydrogen) atoms. The first-order chi connectivity index (χ1) is 4.83. The Morgan fingerprint density at radius 1 is 1.44 bits per heavy atom. The average molecular weight is 187 g/mol. The molecule has 0 heterocycles. The summed E-state index contributed by atoms with van der Waals surface area (Å²) < 4.78 is 7.21. The van der Waals surface area contributed by atoms with Gasteiger partial charge in [0.05, 0.1) is 1.37 Å². The number of aryl methyl sites for hydroxylation is 1. The monoisotopic (exact) mass is 186 g/mol. The second-order valence-electron chi connectivity index (χ2n) is 1.85. The molecule has 1 aromatic rings. The van der Waals surface area contributed by atoms with Crippen molar-refractivity contribution < 1.29 is 1.37 Å². The third kappa shape index (κ3) is 2.19. The highest BCUT2D eigenvalue weighted by Crippen LogP contribution is 2.00. The third-order valence-electron chi connectivity index (χ3n) is 1.17. The average Bonchev–Trinajstić information content (AvgIpc) is 1.95. The van der Waals surface area contributed by atoms with Crippen molar-refractivity contribution in [2.24, 2.45) is 0 Å².